The van der Waals surface area contributed by atoms with Gasteiger partial charge in [0.15, 0.2) is 6.54 Å². The maximum atomic E-state index is 12.3. The van der Waals surface area contributed by atoms with Crippen LogP contribution in [-0.4, -0.2) is 32.8 Å². The Morgan fingerprint density at radius 2 is 1.90 bits per heavy atom. The first-order valence-corrected chi connectivity index (χ1v) is 7.28. The average molecular weight is 295 g/mol. The summed E-state index contributed by atoms with van der Waals surface area (Å²) in [5.74, 6) is -0.262. The predicted molar refractivity (Wildman–Crippen MR) is 78.1 cm³/mol. The molecule has 0 radical (unpaired) electrons. The van der Waals surface area contributed by atoms with Gasteiger partial charge in [0.1, 0.15) is 18.5 Å². The van der Waals surface area contributed by atoms with E-state index < -0.39 is 11.1 Å². The van der Waals surface area contributed by atoms with E-state index in [-0.39, 0.29) is 18.6 Å². The zero-order chi connectivity index (χ0) is 15.8. The number of hydrogen-bond acceptors (Lipinski definition) is 4. The lowest BCUT2D eigenvalue weighted by Gasteiger charge is -2.59. The average Bonchev–Trinajstić information content (AvgIpc) is 2.70. The number of esters is 1. The molecule has 118 valence electrons. The van der Waals surface area contributed by atoms with E-state index >= 15 is 0 Å². The molecule has 0 aliphatic carbocycles. The summed E-state index contributed by atoms with van der Waals surface area (Å²) in [7, 11) is 1.90. The number of rotatable bonds is 3. The number of ether oxygens (including phenoxy) is 1. The van der Waals surface area contributed by atoms with Crippen LogP contribution in [0.5, 0.6) is 0 Å². The third-order valence-electron chi connectivity index (χ3n) is 3.99. The number of carbonyl (C=O) groups excluding carboxylic acids is 1. The van der Waals surface area contributed by atoms with Crippen molar-refractivity contribution in [2.24, 2.45) is 7.05 Å². The number of imidazole rings is 1. The Hall–Kier alpha value is -1.40. The summed E-state index contributed by atoms with van der Waals surface area (Å²) in [6.45, 7) is 7.78. The van der Waals surface area contributed by atoms with Crippen LogP contribution in [-0.2, 0) is 23.1 Å². The Labute approximate surface area is 125 Å². The number of nitrogens with zero attached hydrogens (tertiary/aromatic N) is 3. The number of piperidine rings is 1. The van der Waals surface area contributed by atoms with E-state index in [4.69, 9.17) is 4.74 Å². The van der Waals surface area contributed by atoms with Gasteiger partial charge >= 0.3 is 5.97 Å². The van der Waals surface area contributed by atoms with Gasteiger partial charge in [-0.3, -0.25) is 0 Å². The van der Waals surface area contributed by atoms with Gasteiger partial charge in [-0.15, -0.1) is 0 Å². The van der Waals surface area contributed by atoms with Gasteiger partial charge in [-0.2, -0.15) is 0 Å². The fourth-order valence-electron chi connectivity index (χ4n) is 3.22. The number of aryl methyl sites for hydroxylation is 1. The molecular weight excluding hydrogens is 270 g/mol. The summed E-state index contributed by atoms with van der Waals surface area (Å²) in [4.78, 5) is 12.0. The van der Waals surface area contributed by atoms with E-state index in [9.17, 15) is 10.0 Å². The molecule has 0 aromatic carbocycles. The highest BCUT2D eigenvalue weighted by Crippen LogP contribution is 2.38. The van der Waals surface area contributed by atoms with Crippen molar-refractivity contribution < 1.29 is 14.1 Å². The zero-order valence-electron chi connectivity index (χ0n) is 13.5. The quantitative estimate of drug-likeness (QED) is 0.624. The SMILES string of the molecule is C[n+]1ccn(CC(=O)OC2CC(C)(C)N([O-])C(C)(C)C2)c1. The predicted octanol–water partition coefficient (Wildman–Crippen LogP) is 1.38. The van der Waals surface area contributed by atoms with Crippen LogP contribution >= 0.6 is 0 Å². The molecule has 0 atom stereocenters. The van der Waals surface area contributed by atoms with E-state index in [1.807, 2.05) is 58.0 Å². The van der Waals surface area contributed by atoms with Crippen molar-refractivity contribution >= 4 is 5.97 Å². The van der Waals surface area contributed by atoms with Crippen LogP contribution in [0.1, 0.15) is 40.5 Å². The van der Waals surface area contributed by atoms with Crippen LogP contribution in [0.3, 0.4) is 0 Å². The van der Waals surface area contributed by atoms with Gasteiger partial charge in [0.05, 0.1) is 7.05 Å². The van der Waals surface area contributed by atoms with Crippen LogP contribution in [0.2, 0.25) is 0 Å². The lowest BCUT2D eigenvalue weighted by atomic mass is 9.80. The lowest BCUT2D eigenvalue weighted by Crippen LogP contribution is -2.59. The number of aromatic nitrogens is 2. The van der Waals surface area contributed by atoms with Crippen LogP contribution in [0, 0.1) is 5.21 Å². The van der Waals surface area contributed by atoms with Crippen molar-refractivity contribution in [2.75, 3.05) is 0 Å². The topological polar surface area (TPSA) is 61.4 Å². The number of hydroxylamine groups is 2. The van der Waals surface area contributed by atoms with Gasteiger partial charge in [0.2, 0.25) is 6.33 Å². The molecule has 1 fully saturated rings. The first-order valence-electron chi connectivity index (χ1n) is 7.28. The first-order chi connectivity index (χ1) is 9.60. The summed E-state index contributed by atoms with van der Waals surface area (Å²) < 4.78 is 9.24. The second-order valence-electron chi connectivity index (χ2n) is 7.19. The molecule has 0 amide bonds. The van der Waals surface area contributed by atoms with E-state index in [2.05, 4.69) is 0 Å². The summed E-state index contributed by atoms with van der Waals surface area (Å²) >= 11 is 0. The van der Waals surface area contributed by atoms with Crippen molar-refractivity contribution in [3.63, 3.8) is 0 Å². The Morgan fingerprint density at radius 3 is 2.38 bits per heavy atom. The molecule has 1 aliphatic heterocycles. The summed E-state index contributed by atoms with van der Waals surface area (Å²) in [6, 6.07) is 0. The van der Waals surface area contributed by atoms with Crippen LogP contribution in [0.25, 0.3) is 0 Å². The molecule has 21 heavy (non-hydrogen) atoms. The number of hydrogen-bond donors (Lipinski definition) is 0. The van der Waals surface area contributed by atoms with Crippen LogP contribution < -0.4 is 4.57 Å². The van der Waals surface area contributed by atoms with Gasteiger partial charge in [-0.25, -0.2) is 13.9 Å². The van der Waals surface area contributed by atoms with E-state index in [0.29, 0.717) is 12.8 Å². The third-order valence-corrected chi connectivity index (χ3v) is 3.99. The maximum absolute atomic E-state index is 12.3. The van der Waals surface area contributed by atoms with Gasteiger partial charge in [0, 0.05) is 23.9 Å². The molecule has 1 aromatic rings. The highest BCUT2D eigenvalue weighted by atomic mass is 16.5. The van der Waals surface area contributed by atoms with Crippen molar-refractivity contribution in [3.8, 4) is 0 Å². The summed E-state index contributed by atoms with van der Waals surface area (Å²) in [5.41, 5.74) is -1.04. The molecule has 1 aromatic heterocycles. The molecule has 0 N–H and O–H groups in total. The fraction of sp³-hybridized carbons (Fsp3) is 0.733. The molecule has 1 saturated heterocycles. The molecule has 2 rings (SSSR count). The van der Waals surface area contributed by atoms with Gasteiger partial charge < -0.3 is 15.0 Å². The van der Waals surface area contributed by atoms with E-state index in [0.717, 1.165) is 5.06 Å². The minimum atomic E-state index is -0.521. The Bertz CT molecular complexity index is 504. The molecule has 6 heteroatoms. The minimum Gasteiger partial charge on any atom is -0.784 e. The van der Waals surface area contributed by atoms with Gasteiger partial charge in [-0.1, -0.05) is 0 Å². The highest BCUT2D eigenvalue weighted by Gasteiger charge is 2.41. The Morgan fingerprint density at radius 1 is 1.33 bits per heavy atom. The molecule has 2 heterocycles. The maximum Gasteiger partial charge on any atom is 0.348 e. The highest BCUT2D eigenvalue weighted by molar-refractivity contribution is 5.69. The third kappa shape index (κ3) is 3.63. The Kier molecular flexibility index (Phi) is 4.13. The zero-order valence-corrected chi connectivity index (χ0v) is 13.5. The first kappa shape index (κ1) is 16.0. The van der Waals surface area contributed by atoms with E-state index in [1.54, 1.807) is 4.57 Å². The van der Waals surface area contributed by atoms with Crippen molar-refractivity contribution in [3.05, 3.63) is 23.9 Å². The molecule has 0 unspecified atom stereocenters. The second-order valence-corrected chi connectivity index (χ2v) is 7.19. The number of carbonyl (C=O) groups is 1. The minimum absolute atomic E-state index is 0.194. The largest absolute Gasteiger partial charge is 0.784 e. The lowest BCUT2D eigenvalue weighted by molar-refractivity contribution is -0.671. The second kappa shape index (κ2) is 5.42. The normalized spacial score (nSPS) is 22.2. The molecule has 0 saturated carbocycles. The van der Waals surface area contributed by atoms with Gasteiger partial charge in [0.25, 0.3) is 0 Å². The monoisotopic (exact) mass is 295 g/mol. The molecule has 0 spiro atoms. The van der Waals surface area contributed by atoms with Crippen LogP contribution in [0.4, 0.5) is 0 Å². The van der Waals surface area contributed by atoms with Gasteiger partial charge in [-0.05, 0) is 27.7 Å². The van der Waals surface area contributed by atoms with Crippen molar-refractivity contribution in [1.82, 2.24) is 9.63 Å². The molecular formula is C15H25N3O3. The smallest absolute Gasteiger partial charge is 0.348 e. The summed E-state index contributed by atoms with van der Waals surface area (Å²) in [6.07, 6.45) is 6.44. The van der Waals surface area contributed by atoms with Crippen molar-refractivity contribution in [2.45, 2.75) is 64.3 Å². The standard InChI is InChI=1S/C15H25N3O3/c1-14(2)8-12(9-15(3,4)18(14)20)21-13(19)10-17-7-6-16(5)11-17/h6-7,11-12H,8-10H2,1-5H3. The molecule has 6 nitrogen and oxygen atoms in total. The summed E-state index contributed by atoms with van der Waals surface area (Å²) in [5, 5.41) is 13.4. The van der Waals surface area contributed by atoms with Crippen molar-refractivity contribution in [1.29, 1.82) is 0 Å². The fourth-order valence-corrected chi connectivity index (χ4v) is 3.22. The van der Waals surface area contributed by atoms with Crippen LogP contribution in [0.15, 0.2) is 18.7 Å². The Balaban J connectivity index is 1.98. The van der Waals surface area contributed by atoms with E-state index in [1.165, 1.54) is 0 Å². The molecule has 1 aliphatic rings. The molecule has 0 bridgehead atoms.